The van der Waals surface area contributed by atoms with Gasteiger partial charge in [-0.3, -0.25) is 9.59 Å². The lowest BCUT2D eigenvalue weighted by Crippen LogP contribution is -2.62. The van der Waals surface area contributed by atoms with Crippen molar-refractivity contribution in [2.24, 2.45) is 5.41 Å². The number of anilines is 1. The number of carbonyl (C=O) groups is 2. The highest BCUT2D eigenvalue weighted by molar-refractivity contribution is 5.94. The molecule has 0 radical (unpaired) electrons. The predicted molar refractivity (Wildman–Crippen MR) is 96.3 cm³/mol. The number of carbonyl (C=O) groups excluding carboxylic acids is 2. The minimum absolute atomic E-state index is 0.155. The van der Waals surface area contributed by atoms with Crippen LogP contribution in [0.4, 0.5) is 5.95 Å². The molecule has 0 unspecified atom stereocenters. The molecular formula is C18H25N5O4. The van der Waals surface area contributed by atoms with E-state index in [1.807, 2.05) is 4.90 Å². The van der Waals surface area contributed by atoms with Crippen molar-refractivity contribution in [2.75, 3.05) is 50.8 Å². The average Bonchev–Trinajstić information content (AvgIpc) is 2.72. The van der Waals surface area contributed by atoms with Gasteiger partial charge in [0.1, 0.15) is 0 Å². The van der Waals surface area contributed by atoms with Gasteiger partial charge in [-0.15, -0.1) is 0 Å². The van der Waals surface area contributed by atoms with Gasteiger partial charge in [-0.1, -0.05) is 0 Å². The van der Waals surface area contributed by atoms with Crippen LogP contribution in [-0.2, 0) is 9.53 Å². The number of likely N-dealkylation sites (tertiary alicyclic amines) is 1. The molecule has 0 saturated carbocycles. The Morgan fingerprint density at radius 2 is 2.00 bits per heavy atom. The first kappa shape index (κ1) is 18.1. The van der Waals surface area contributed by atoms with E-state index < -0.39 is 11.5 Å². The summed E-state index contributed by atoms with van der Waals surface area (Å²) in [5.41, 5.74) is -0.504. The lowest BCUT2D eigenvalue weighted by molar-refractivity contribution is -0.147. The molecule has 27 heavy (non-hydrogen) atoms. The van der Waals surface area contributed by atoms with E-state index >= 15 is 0 Å². The number of nitrogens with zero attached hydrogens (tertiary/aromatic N) is 4. The third-order valence-electron chi connectivity index (χ3n) is 5.79. The Labute approximate surface area is 157 Å². The fourth-order valence-electron chi connectivity index (χ4n) is 4.16. The first-order chi connectivity index (χ1) is 13.1. The Kier molecular flexibility index (Phi) is 4.96. The molecule has 9 nitrogen and oxygen atoms in total. The van der Waals surface area contributed by atoms with E-state index in [0.29, 0.717) is 50.7 Å². The molecule has 3 fully saturated rings. The molecule has 2 atom stereocenters. The van der Waals surface area contributed by atoms with Gasteiger partial charge in [0.2, 0.25) is 11.9 Å². The smallest absolute Gasteiger partial charge is 0.257 e. The van der Waals surface area contributed by atoms with Crippen molar-refractivity contribution >= 4 is 17.8 Å². The van der Waals surface area contributed by atoms with Crippen LogP contribution in [0, 0.1) is 5.41 Å². The van der Waals surface area contributed by atoms with Crippen LogP contribution >= 0.6 is 0 Å². The number of piperidine rings is 2. The lowest BCUT2D eigenvalue weighted by Gasteiger charge is -2.46. The van der Waals surface area contributed by atoms with E-state index in [1.165, 1.54) is 0 Å². The largest absolute Gasteiger partial charge is 0.392 e. The summed E-state index contributed by atoms with van der Waals surface area (Å²) < 4.78 is 5.32. The highest BCUT2D eigenvalue weighted by Gasteiger charge is 2.50. The maximum absolute atomic E-state index is 12.9. The van der Waals surface area contributed by atoms with Crippen molar-refractivity contribution in [1.29, 1.82) is 0 Å². The summed E-state index contributed by atoms with van der Waals surface area (Å²) in [5.74, 6) is 0.234. The zero-order chi connectivity index (χ0) is 18.9. The number of aromatic nitrogens is 2. The summed E-state index contributed by atoms with van der Waals surface area (Å²) in [5, 5.41) is 13.3. The Morgan fingerprint density at radius 1 is 1.26 bits per heavy atom. The van der Waals surface area contributed by atoms with Crippen LogP contribution in [0.3, 0.4) is 0 Å². The summed E-state index contributed by atoms with van der Waals surface area (Å²) >= 11 is 0. The van der Waals surface area contributed by atoms with Gasteiger partial charge in [-0.2, -0.15) is 0 Å². The highest BCUT2D eigenvalue weighted by atomic mass is 16.5. The second-order valence-corrected chi connectivity index (χ2v) is 7.42. The fourth-order valence-corrected chi connectivity index (χ4v) is 4.16. The van der Waals surface area contributed by atoms with Crippen LogP contribution in [0.25, 0.3) is 0 Å². The van der Waals surface area contributed by atoms with E-state index in [9.17, 15) is 14.7 Å². The van der Waals surface area contributed by atoms with Crippen molar-refractivity contribution in [3.63, 3.8) is 0 Å². The summed E-state index contributed by atoms with van der Waals surface area (Å²) in [6.45, 7) is 4.01. The normalized spacial score (nSPS) is 28.9. The molecule has 4 rings (SSSR count). The Hall–Kier alpha value is -2.26. The number of aliphatic hydroxyl groups is 1. The fraction of sp³-hybridized carbons (Fsp3) is 0.667. The molecule has 3 saturated heterocycles. The summed E-state index contributed by atoms with van der Waals surface area (Å²) in [7, 11) is 0. The number of hydrogen-bond donors (Lipinski definition) is 2. The van der Waals surface area contributed by atoms with Crippen LogP contribution < -0.4 is 10.2 Å². The van der Waals surface area contributed by atoms with E-state index in [1.54, 1.807) is 17.3 Å². The van der Waals surface area contributed by atoms with Gasteiger partial charge in [-0.05, 0) is 19.3 Å². The van der Waals surface area contributed by atoms with E-state index in [4.69, 9.17) is 4.74 Å². The van der Waals surface area contributed by atoms with Crippen LogP contribution in [-0.4, -0.2) is 83.8 Å². The SMILES string of the molecule is O=C(c1cnc(N2CCOCC2)nc1)N1CC[C@H](O)[C@@]2(CCCNC2=O)C1. The summed E-state index contributed by atoms with van der Waals surface area (Å²) in [6, 6.07) is 0. The Balaban J connectivity index is 1.48. The molecule has 1 aromatic heterocycles. The second kappa shape index (κ2) is 7.40. The molecule has 4 heterocycles. The first-order valence-electron chi connectivity index (χ1n) is 9.50. The maximum Gasteiger partial charge on any atom is 0.257 e. The van der Waals surface area contributed by atoms with Crippen LogP contribution in [0.15, 0.2) is 12.4 Å². The molecule has 2 N–H and O–H groups in total. The van der Waals surface area contributed by atoms with Gasteiger partial charge in [0.05, 0.1) is 30.3 Å². The molecule has 0 aliphatic carbocycles. The second-order valence-electron chi connectivity index (χ2n) is 7.42. The zero-order valence-electron chi connectivity index (χ0n) is 15.3. The third kappa shape index (κ3) is 3.37. The third-order valence-corrected chi connectivity index (χ3v) is 5.79. The zero-order valence-corrected chi connectivity index (χ0v) is 15.3. The van der Waals surface area contributed by atoms with Gasteiger partial charge in [0.25, 0.3) is 5.91 Å². The Bertz CT molecular complexity index is 706. The quantitative estimate of drug-likeness (QED) is 0.712. The average molecular weight is 375 g/mol. The molecule has 2 amide bonds. The topological polar surface area (TPSA) is 108 Å². The van der Waals surface area contributed by atoms with Gasteiger partial charge in [-0.25, -0.2) is 9.97 Å². The first-order valence-corrected chi connectivity index (χ1v) is 9.50. The molecule has 0 aromatic carbocycles. The Morgan fingerprint density at radius 3 is 2.70 bits per heavy atom. The molecule has 146 valence electrons. The van der Waals surface area contributed by atoms with Crippen molar-refractivity contribution < 1.29 is 19.4 Å². The minimum atomic E-state index is -0.902. The van der Waals surface area contributed by atoms with Gasteiger partial charge in [0, 0.05) is 45.1 Å². The number of aliphatic hydroxyl groups excluding tert-OH is 1. The monoisotopic (exact) mass is 375 g/mol. The van der Waals surface area contributed by atoms with E-state index in [2.05, 4.69) is 15.3 Å². The van der Waals surface area contributed by atoms with Gasteiger partial charge in [0.15, 0.2) is 0 Å². The molecule has 1 spiro atoms. The number of amides is 2. The van der Waals surface area contributed by atoms with Crippen molar-refractivity contribution in [3.8, 4) is 0 Å². The lowest BCUT2D eigenvalue weighted by atomic mass is 9.71. The molecule has 0 bridgehead atoms. The van der Waals surface area contributed by atoms with E-state index in [-0.39, 0.29) is 18.4 Å². The summed E-state index contributed by atoms with van der Waals surface area (Å²) in [6.07, 6.45) is 4.16. The van der Waals surface area contributed by atoms with Crippen LogP contribution in [0.2, 0.25) is 0 Å². The molecule has 1 aromatic rings. The predicted octanol–water partition coefficient (Wildman–Crippen LogP) is -0.584. The highest BCUT2D eigenvalue weighted by Crippen LogP contribution is 2.37. The van der Waals surface area contributed by atoms with E-state index in [0.717, 1.165) is 19.5 Å². The van der Waals surface area contributed by atoms with Crippen molar-refractivity contribution in [3.05, 3.63) is 18.0 Å². The number of rotatable bonds is 2. The van der Waals surface area contributed by atoms with Gasteiger partial charge < -0.3 is 25.0 Å². The minimum Gasteiger partial charge on any atom is -0.392 e. The number of ether oxygens (including phenoxy) is 1. The maximum atomic E-state index is 12.9. The number of morpholine rings is 1. The van der Waals surface area contributed by atoms with Crippen LogP contribution in [0.1, 0.15) is 29.6 Å². The number of hydrogen-bond acceptors (Lipinski definition) is 7. The van der Waals surface area contributed by atoms with Crippen molar-refractivity contribution in [1.82, 2.24) is 20.2 Å². The van der Waals surface area contributed by atoms with Gasteiger partial charge >= 0.3 is 0 Å². The molecular weight excluding hydrogens is 350 g/mol. The molecule has 3 aliphatic rings. The van der Waals surface area contributed by atoms with Crippen LogP contribution in [0.5, 0.6) is 0 Å². The molecule has 9 heteroatoms. The summed E-state index contributed by atoms with van der Waals surface area (Å²) in [4.78, 5) is 37.7. The number of nitrogens with one attached hydrogen (secondary N) is 1. The molecule has 3 aliphatic heterocycles. The standard InChI is InChI=1S/C18H25N5O4/c24-14-2-5-23(12-18(14)3-1-4-19-16(18)26)15(25)13-10-20-17(21-11-13)22-6-8-27-9-7-22/h10-11,14,24H,1-9,12H2,(H,19,26)/t14-,18+/m0/s1. The van der Waals surface area contributed by atoms with Crippen molar-refractivity contribution in [2.45, 2.75) is 25.4 Å².